The Morgan fingerprint density at radius 1 is 1.11 bits per heavy atom. The third-order valence-electron chi connectivity index (χ3n) is 4.39. The van der Waals surface area contributed by atoms with Crippen molar-refractivity contribution in [1.29, 1.82) is 0 Å². The van der Waals surface area contributed by atoms with E-state index in [0.717, 1.165) is 18.4 Å². The third-order valence-corrected chi connectivity index (χ3v) is 4.39. The van der Waals surface area contributed by atoms with Gasteiger partial charge in [-0.15, -0.1) is 0 Å². The number of nitrogens with one attached hydrogen (secondary N) is 2. The minimum absolute atomic E-state index is 0.693. The molecule has 1 saturated carbocycles. The molecule has 102 valence electrons. The molecule has 19 heavy (non-hydrogen) atoms. The lowest BCUT2D eigenvalue weighted by Crippen LogP contribution is -2.35. The molecule has 2 heteroatoms. The van der Waals surface area contributed by atoms with Crippen molar-refractivity contribution in [2.45, 2.75) is 45.7 Å². The molecule has 0 saturated heterocycles. The maximum atomic E-state index is 3.74. The quantitative estimate of drug-likeness (QED) is 0.850. The molecular weight excluding hydrogens is 232 g/mol. The van der Waals surface area contributed by atoms with Gasteiger partial charge in [0, 0.05) is 24.3 Å². The zero-order valence-corrected chi connectivity index (χ0v) is 11.9. The van der Waals surface area contributed by atoms with Gasteiger partial charge in [-0.1, -0.05) is 26.0 Å². The van der Waals surface area contributed by atoms with Crippen molar-refractivity contribution >= 4 is 10.9 Å². The molecule has 1 heterocycles. The van der Waals surface area contributed by atoms with Crippen molar-refractivity contribution < 1.29 is 0 Å². The second kappa shape index (κ2) is 5.38. The minimum atomic E-state index is 0.693. The minimum Gasteiger partial charge on any atom is -0.361 e. The van der Waals surface area contributed by atoms with E-state index < -0.39 is 0 Å². The fourth-order valence-electron chi connectivity index (χ4n) is 3.58. The van der Waals surface area contributed by atoms with E-state index in [2.05, 4.69) is 48.4 Å². The fraction of sp³-hybridized carbons (Fsp3) is 0.529. The van der Waals surface area contributed by atoms with Crippen molar-refractivity contribution in [3.8, 4) is 0 Å². The van der Waals surface area contributed by atoms with Crippen LogP contribution >= 0.6 is 0 Å². The average Bonchev–Trinajstić information content (AvgIpc) is 2.82. The molecule has 0 spiro atoms. The van der Waals surface area contributed by atoms with Crippen molar-refractivity contribution in [2.75, 3.05) is 0 Å². The number of hydrogen-bond donors (Lipinski definition) is 2. The van der Waals surface area contributed by atoms with Gasteiger partial charge in [0.2, 0.25) is 0 Å². The van der Waals surface area contributed by atoms with Gasteiger partial charge in [0.05, 0.1) is 0 Å². The van der Waals surface area contributed by atoms with E-state index in [4.69, 9.17) is 0 Å². The Hall–Kier alpha value is -1.28. The van der Waals surface area contributed by atoms with E-state index in [0.29, 0.717) is 6.04 Å². The summed E-state index contributed by atoms with van der Waals surface area (Å²) in [6, 6.07) is 9.51. The standard InChI is InChI=1S/C17H24N2/c1-12-7-13(2)9-16(8-12)19-11-14-3-4-15-5-6-18-17(15)10-14/h3-6,10,12-13,16,18-19H,7-9,11H2,1-2H3. The van der Waals surface area contributed by atoms with Crippen LogP contribution in [0.3, 0.4) is 0 Å². The molecule has 1 aromatic heterocycles. The monoisotopic (exact) mass is 256 g/mol. The van der Waals surface area contributed by atoms with Crippen molar-refractivity contribution in [1.82, 2.24) is 10.3 Å². The maximum absolute atomic E-state index is 3.74. The summed E-state index contributed by atoms with van der Waals surface area (Å²) in [5, 5.41) is 5.04. The molecular formula is C17H24N2. The molecule has 2 atom stereocenters. The summed E-state index contributed by atoms with van der Waals surface area (Å²) in [7, 11) is 0. The highest BCUT2D eigenvalue weighted by Gasteiger charge is 2.23. The first-order valence-corrected chi connectivity index (χ1v) is 7.50. The third kappa shape index (κ3) is 3.01. The zero-order chi connectivity index (χ0) is 13.2. The van der Waals surface area contributed by atoms with Crippen molar-refractivity contribution in [3.63, 3.8) is 0 Å². The molecule has 0 amide bonds. The largest absolute Gasteiger partial charge is 0.361 e. The van der Waals surface area contributed by atoms with Gasteiger partial charge < -0.3 is 10.3 Å². The lowest BCUT2D eigenvalue weighted by atomic mass is 9.80. The van der Waals surface area contributed by atoms with Gasteiger partial charge in [-0.3, -0.25) is 0 Å². The molecule has 0 aliphatic heterocycles. The number of aromatic nitrogens is 1. The van der Waals surface area contributed by atoms with E-state index in [1.54, 1.807) is 0 Å². The predicted molar refractivity (Wildman–Crippen MR) is 81.1 cm³/mol. The summed E-state index contributed by atoms with van der Waals surface area (Å²) in [6.45, 7) is 5.75. The normalized spacial score (nSPS) is 27.8. The zero-order valence-electron chi connectivity index (χ0n) is 11.9. The highest BCUT2D eigenvalue weighted by atomic mass is 14.9. The van der Waals surface area contributed by atoms with Crippen LogP contribution in [-0.2, 0) is 6.54 Å². The molecule has 3 rings (SSSR count). The Labute approximate surface area is 115 Å². The average molecular weight is 256 g/mol. The number of aromatic amines is 1. The Kier molecular flexibility index (Phi) is 3.61. The molecule has 1 aliphatic carbocycles. The lowest BCUT2D eigenvalue weighted by molar-refractivity contribution is 0.238. The van der Waals surface area contributed by atoms with E-state index in [1.165, 1.54) is 35.7 Å². The van der Waals surface area contributed by atoms with Crippen LogP contribution in [-0.4, -0.2) is 11.0 Å². The smallest absolute Gasteiger partial charge is 0.0457 e. The number of H-pyrrole nitrogens is 1. The molecule has 1 aromatic carbocycles. The molecule has 2 unspecified atom stereocenters. The van der Waals surface area contributed by atoms with Crippen LogP contribution in [0.2, 0.25) is 0 Å². The number of hydrogen-bond acceptors (Lipinski definition) is 1. The molecule has 2 aromatic rings. The Bertz CT molecular complexity index is 533. The summed E-state index contributed by atoms with van der Waals surface area (Å²) < 4.78 is 0. The van der Waals surface area contributed by atoms with Crippen LogP contribution in [0.15, 0.2) is 30.5 Å². The summed E-state index contributed by atoms with van der Waals surface area (Å²) >= 11 is 0. The van der Waals surface area contributed by atoms with Crippen LogP contribution in [0.25, 0.3) is 10.9 Å². The van der Waals surface area contributed by atoms with Gasteiger partial charge in [-0.05, 0) is 54.2 Å². The van der Waals surface area contributed by atoms with Crippen LogP contribution in [0.5, 0.6) is 0 Å². The van der Waals surface area contributed by atoms with Gasteiger partial charge in [0.15, 0.2) is 0 Å². The molecule has 0 bridgehead atoms. The molecule has 1 fully saturated rings. The van der Waals surface area contributed by atoms with Crippen LogP contribution in [0, 0.1) is 11.8 Å². The highest BCUT2D eigenvalue weighted by Crippen LogP contribution is 2.28. The highest BCUT2D eigenvalue weighted by molar-refractivity contribution is 5.79. The number of benzene rings is 1. The number of rotatable bonds is 3. The van der Waals surface area contributed by atoms with Gasteiger partial charge in [-0.2, -0.15) is 0 Å². The first kappa shape index (κ1) is 12.7. The van der Waals surface area contributed by atoms with Crippen molar-refractivity contribution in [3.05, 3.63) is 36.0 Å². The lowest BCUT2D eigenvalue weighted by Gasteiger charge is -2.32. The van der Waals surface area contributed by atoms with E-state index in [9.17, 15) is 0 Å². The predicted octanol–water partition coefficient (Wildman–Crippen LogP) is 4.08. The van der Waals surface area contributed by atoms with Crippen LogP contribution in [0.1, 0.15) is 38.7 Å². The Balaban J connectivity index is 1.62. The SMILES string of the molecule is CC1CC(C)CC(NCc2ccc3cc[nH]c3c2)C1. The van der Waals surface area contributed by atoms with Gasteiger partial charge >= 0.3 is 0 Å². The summed E-state index contributed by atoms with van der Waals surface area (Å²) in [5.74, 6) is 1.74. The first-order chi connectivity index (χ1) is 9.20. The van der Waals surface area contributed by atoms with Gasteiger partial charge in [-0.25, -0.2) is 0 Å². The molecule has 0 radical (unpaired) electrons. The van der Waals surface area contributed by atoms with Gasteiger partial charge in [0.1, 0.15) is 0 Å². The maximum Gasteiger partial charge on any atom is 0.0457 e. The van der Waals surface area contributed by atoms with E-state index in [-0.39, 0.29) is 0 Å². The molecule has 1 aliphatic rings. The Morgan fingerprint density at radius 3 is 2.68 bits per heavy atom. The topological polar surface area (TPSA) is 27.8 Å². The fourth-order valence-corrected chi connectivity index (χ4v) is 3.58. The summed E-state index contributed by atoms with van der Waals surface area (Å²) in [4.78, 5) is 3.28. The van der Waals surface area contributed by atoms with Crippen molar-refractivity contribution in [2.24, 2.45) is 11.8 Å². The van der Waals surface area contributed by atoms with Crippen LogP contribution in [0.4, 0.5) is 0 Å². The van der Waals surface area contributed by atoms with Gasteiger partial charge in [0.25, 0.3) is 0 Å². The van der Waals surface area contributed by atoms with E-state index >= 15 is 0 Å². The second-order valence-electron chi connectivity index (χ2n) is 6.39. The summed E-state index contributed by atoms with van der Waals surface area (Å²) in [5.41, 5.74) is 2.62. The summed E-state index contributed by atoms with van der Waals surface area (Å²) in [6.07, 6.45) is 6.06. The molecule has 2 nitrogen and oxygen atoms in total. The molecule has 2 N–H and O–H groups in total. The first-order valence-electron chi connectivity index (χ1n) is 7.50. The van der Waals surface area contributed by atoms with E-state index in [1.807, 2.05) is 6.20 Å². The number of fused-ring (bicyclic) bond motifs is 1. The van der Waals surface area contributed by atoms with Crippen LogP contribution < -0.4 is 5.32 Å². The Morgan fingerprint density at radius 2 is 1.89 bits per heavy atom. The second-order valence-corrected chi connectivity index (χ2v) is 6.39.